The molecule has 0 unspecified atom stereocenters. The number of unbranched alkanes of at least 4 members (excludes halogenated alkanes) is 2. The van der Waals surface area contributed by atoms with Gasteiger partial charge in [0.25, 0.3) is 0 Å². The molecule has 0 radical (unpaired) electrons. The van der Waals surface area contributed by atoms with E-state index >= 15 is 0 Å². The Morgan fingerprint density at radius 2 is 0.683 bits per heavy atom. The fraction of sp³-hybridized carbons (Fsp3) is 1.00. The average Bonchev–Trinajstić information content (AvgIpc) is 3.43. The Kier molecular flexibility index (Phi) is 21.5. The van der Waals surface area contributed by atoms with Crippen molar-refractivity contribution in [2.24, 2.45) is 37.9 Å². The summed E-state index contributed by atoms with van der Waals surface area (Å²) in [4.78, 5) is 0. The Morgan fingerprint density at radius 1 is 0.439 bits per heavy atom. The highest BCUT2D eigenvalue weighted by Gasteiger charge is 2.46. The van der Waals surface area contributed by atoms with Crippen LogP contribution in [0.5, 0.6) is 0 Å². The molecular weight excluding hydrogens is 492 g/mol. The van der Waals surface area contributed by atoms with Crippen LogP contribution in [0.25, 0.3) is 0 Å². The van der Waals surface area contributed by atoms with Crippen molar-refractivity contribution < 1.29 is 0 Å². The van der Waals surface area contributed by atoms with Crippen molar-refractivity contribution in [2.75, 3.05) is 0 Å². The van der Waals surface area contributed by atoms with Gasteiger partial charge in [0.05, 0.1) is 0 Å². The molecule has 0 atom stereocenters. The highest BCUT2D eigenvalue weighted by Crippen LogP contribution is 2.58. The van der Waals surface area contributed by atoms with E-state index in [2.05, 4.69) is 138 Å². The van der Waals surface area contributed by atoms with E-state index < -0.39 is 0 Å². The second-order valence-electron chi connectivity index (χ2n) is 19.6. The quantitative estimate of drug-likeness (QED) is 0.303. The summed E-state index contributed by atoms with van der Waals surface area (Å²) >= 11 is 0. The van der Waals surface area contributed by atoms with Crippen molar-refractivity contribution >= 4 is 0 Å². The molecule has 0 aromatic rings. The van der Waals surface area contributed by atoms with Crippen LogP contribution in [0.15, 0.2) is 0 Å². The zero-order chi connectivity index (χ0) is 33.4. The van der Waals surface area contributed by atoms with Crippen molar-refractivity contribution in [3.8, 4) is 0 Å². The Morgan fingerprint density at radius 3 is 0.756 bits per heavy atom. The molecule has 0 heteroatoms. The van der Waals surface area contributed by atoms with Crippen LogP contribution in [0, 0.1) is 37.9 Å². The summed E-state index contributed by atoms with van der Waals surface area (Å²) in [6, 6.07) is 0. The lowest BCUT2D eigenvalue weighted by Gasteiger charge is -2.42. The van der Waals surface area contributed by atoms with E-state index in [-0.39, 0.29) is 0 Å². The monoisotopic (exact) mass is 581 g/mol. The Labute approximate surface area is 265 Å². The second kappa shape index (κ2) is 19.4. The van der Waals surface area contributed by atoms with Gasteiger partial charge in [-0.1, -0.05) is 196 Å². The molecule has 2 fully saturated rings. The molecule has 0 N–H and O–H groups in total. The molecule has 0 nitrogen and oxygen atoms in total. The average molecular weight is 581 g/mol. The van der Waals surface area contributed by atoms with Crippen LogP contribution in [0.3, 0.4) is 0 Å². The molecule has 0 aromatic heterocycles. The van der Waals surface area contributed by atoms with Crippen LogP contribution in [0.2, 0.25) is 0 Å². The number of hydrogen-bond acceptors (Lipinski definition) is 0. The molecule has 252 valence electrons. The maximum atomic E-state index is 2.55. The van der Waals surface area contributed by atoms with Gasteiger partial charge in [0.2, 0.25) is 0 Å². The summed E-state index contributed by atoms with van der Waals surface area (Å²) in [6.45, 7) is 46.0. The van der Waals surface area contributed by atoms with Gasteiger partial charge < -0.3 is 0 Å². The second-order valence-corrected chi connectivity index (χ2v) is 19.6. The molecular formula is C41H88. The SMILES string of the molecule is CC(C)(C)C(C)(C)C.CC(C)(C)CC(C)(C)C.CC1(C2(C)CCCC2)CCCC1.CCC(C)(C)CC.CCCCC. The van der Waals surface area contributed by atoms with Crippen LogP contribution in [-0.2, 0) is 0 Å². The summed E-state index contributed by atoms with van der Waals surface area (Å²) in [6.07, 6.45) is 19.9. The maximum Gasteiger partial charge on any atom is -0.0272 e. The van der Waals surface area contributed by atoms with Gasteiger partial charge in [0.15, 0.2) is 0 Å². The Bertz CT molecular complexity index is 540. The predicted molar refractivity (Wildman–Crippen MR) is 195 cm³/mol. The van der Waals surface area contributed by atoms with Gasteiger partial charge in [0.1, 0.15) is 0 Å². The molecule has 2 saturated carbocycles. The fourth-order valence-corrected chi connectivity index (χ4v) is 5.71. The minimum Gasteiger partial charge on any atom is -0.0654 e. The first-order chi connectivity index (χ1) is 18.2. The van der Waals surface area contributed by atoms with E-state index in [1.54, 1.807) is 0 Å². The summed E-state index contributed by atoms with van der Waals surface area (Å²) in [7, 11) is 0. The van der Waals surface area contributed by atoms with Crippen molar-refractivity contribution in [1.82, 2.24) is 0 Å². The Hall–Kier alpha value is 0. The summed E-state index contributed by atoms with van der Waals surface area (Å²) in [5.74, 6) is 0. The molecule has 0 amide bonds. The van der Waals surface area contributed by atoms with E-state index in [0.717, 1.165) is 0 Å². The van der Waals surface area contributed by atoms with Gasteiger partial charge in [-0.05, 0) is 70.0 Å². The van der Waals surface area contributed by atoms with E-state index in [9.17, 15) is 0 Å². The van der Waals surface area contributed by atoms with Gasteiger partial charge in [-0.15, -0.1) is 0 Å². The first kappa shape index (κ1) is 45.4. The van der Waals surface area contributed by atoms with E-state index in [0.29, 0.717) is 37.9 Å². The normalized spacial score (nSPS) is 18.4. The van der Waals surface area contributed by atoms with Crippen molar-refractivity contribution in [2.45, 2.75) is 228 Å². The highest BCUT2D eigenvalue weighted by atomic mass is 14.5. The minimum absolute atomic E-state index is 0.437. The largest absolute Gasteiger partial charge is 0.0654 e. The van der Waals surface area contributed by atoms with Gasteiger partial charge in [-0.25, -0.2) is 0 Å². The Balaban J connectivity index is -0.000000455. The zero-order valence-corrected chi connectivity index (χ0v) is 33.4. The smallest absolute Gasteiger partial charge is 0.0272 e. The van der Waals surface area contributed by atoms with Crippen LogP contribution >= 0.6 is 0 Å². The van der Waals surface area contributed by atoms with Gasteiger partial charge in [-0.3, -0.25) is 0 Å². The van der Waals surface area contributed by atoms with Gasteiger partial charge in [-0.2, -0.15) is 0 Å². The van der Waals surface area contributed by atoms with Crippen molar-refractivity contribution in [3.63, 3.8) is 0 Å². The zero-order valence-electron chi connectivity index (χ0n) is 33.4. The summed E-state index contributed by atoms with van der Waals surface area (Å²) in [5.41, 5.74) is 3.85. The van der Waals surface area contributed by atoms with E-state index in [1.807, 2.05) is 0 Å². The third-order valence-electron chi connectivity index (χ3n) is 10.8. The van der Waals surface area contributed by atoms with Crippen LogP contribution in [0.4, 0.5) is 0 Å². The number of hydrogen-bond donors (Lipinski definition) is 0. The molecule has 2 aliphatic carbocycles. The molecule has 2 rings (SSSR count). The third kappa shape index (κ3) is 23.1. The molecule has 0 saturated heterocycles. The standard InChI is InChI=1S/C12H22.C9H20.C8H18.C7H16.C5H12/c1-11(7-3-4-8-11)12(2)9-5-6-10-12;1-8(2,3)7-9(4,5)6;1-7(2,3)8(4,5)6;1-5-7(3,4)6-2;1-3-5-4-2/h3-10H2,1-2H3;7H2,1-6H3;1-6H3;5-6H2,1-4H3;3-5H2,1-2H3. The third-order valence-corrected chi connectivity index (χ3v) is 10.8. The van der Waals surface area contributed by atoms with Crippen LogP contribution in [-0.4, -0.2) is 0 Å². The van der Waals surface area contributed by atoms with E-state index in [1.165, 1.54) is 89.9 Å². The predicted octanol–water partition coefficient (Wildman–Crippen LogP) is 15.7. The molecule has 2 aliphatic rings. The first-order valence-corrected chi connectivity index (χ1v) is 18.2. The fourth-order valence-electron chi connectivity index (χ4n) is 5.71. The molecule has 0 spiro atoms. The van der Waals surface area contributed by atoms with Crippen molar-refractivity contribution in [1.29, 1.82) is 0 Å². The summed E-state index contributed by atoms with van der Waals surface area (Å²) in [5, 5.41) is 0. The first-order valence-electron chi connectivity index (χ1n) is 18.2. The van der Waals surface area contributed by atoms with Gasteiger partial charge in [0, 0.05) is 0 Å². The van der Waals surface area contributed by atoms with Crippen molar-refractivity contribution in [3.05, 3.63) is 0 Å². The maximum absolute atomic E-state index is 2.55. The lowest BCUT2D eigenvalue weighted by molar-refractivity contribution is 0.0824. The molecule has 0 bridgehead atoms. The van der Waals surface area contributed by atoms with Crippen LogP contribution in [0.1, 0.15) is 228 Å². The summed E-state index contributed by atoms with van der Waals surface area (Å²) < 4.78 is 0. The van der Waals surface area contributed by atoms with Crippen LogP contribution < -0.4 is 0 Å². The number of rotatable bonds is 5. The van der Waals surface area contributed by atoms with E-state index in [4.69, 9.17) is 0 Å². The molecule has 0 heterocycles. The molecule has 41 heavy (non-hydrogen) atoms. The molecule has 0 aliphatic heterocycles. The van der Waals surface area contributed by atoms with Gasteiger partial charge >= 0.3 is 0 Å². The lowest BCUT2D eigenvalue weighted by Crippen LogP contribution is -2.32. The molecule has 0 aromatic carbocycles. The topological polar surface area (TPSA) is 0 Å². The highest BCUT2D eigenvalue weighted by molar-refractivity contribution is 4.97. The minimum atomic E-state index is 0.437. The lowest BCUT2D eigenvalue weighted by atomic mass is 9.63.